The third-order valence-corrected chi connectivity index (χ3v) is 2.59. The van der Waals surface area contributed by atoms with Gasteiger partial charge in [-0.05, 0) is 12.8 Å². The molecule has 6 heteroatoms. The summed E-state index contributed by atoms with van der Waals surface area (Å²) in [7, 11) is -1.42. The van der Waals surface area contributed by atoms with Gasteiger partial charge in [0.05, 0.1) is 0 Å². The van der Waals surface area contributed by atoms with E-state index in [4.69, 9.17) is 11.1 Å². The lowest BCUT2D eigenvalue weighted by Gasteiger charge is -2.24. The number of hydrogen-bond acceptors (Lipinski definition) is 4. The summed E-state index contributed by atoms with van der Waals surface area (Å²) < 4.78 is 16.2. The van der Waals surface area contributed by atoms with Gasteiger partial charge in [-0.1, -0.05) is 10.8 Å². The molecule has 0 radical (unpaired) electrons. The molecule has 0 aromatic rings. The van der Waals surface area contributed by atoms with Gasteiger partial charge < -0.3 is 18.6 Å². The Kier molecular flexibility index (Phi) is 2.70. The van der Waals surface area contributed by atoms with E-state index in [-0.39, 0.29) is 5.96 Å². The SMILES string of the molecule is N=C(N)N1CCCCN=[S-]1=O. The van der Waals surface area contributed by atoms with Crippen LogP contribution in [-0.2, 0) is 15.0 Å². The highest BCUT2D eigenvalue weighted by Crippen LogP contribution is 2.02. The monoisotopic (exact) mass is 175 g/mol. The second kappa shape index (κ2) is 3.56. The summed E-state index contributed by atoms with van der Waals surface area (Å²) in [6, 6.07) is 0. The summed E-state index contributed by atoms with van der Waals surface area (Å²) in [5.41, 5.74) is 5.18. The average Bonchev–Trinajstić information content (AvgIpc) is 2.13. The molecule has 11 heavy (non-hydrogen) atoms. The molecule has 1 aliphatic heterocycles. The molecule has 0 atom stereocenters. The maximum atomic E-state index is 11.1. The van der Waals surface area contributed by atoms with Gasteiger partial charge in [0.25, 0.3) is 0 Å². The highest BCUT2D eigenvalue weighted by molar-refractivity contribution is 7.72. The average molecular weight is 175 g/mol. The minimum Gasteiger partial charge on any atom is -0.424 e. The maximum absolute atomic E-state index is 11.1. The molecule has 64 valence electrons. The van der Waals surface area contributed by atoms with Crippen LogP contribution in [-0.4, -0.2) is 23.4 Å². The summed E-state index contributed by atoms with van der Waals surface area (Å²) in [6.07, 6.45) is 1.82. The number of rotatable bonds is 0. The second-order valence-corrected chi connectivity index (χ2v) is 3.44. The fourth-order valence-electron chi connectivity index (χ4n) is 0.862. The molecule has 0 amide bonds. The van der Waals surface area contributed by atoms with E-state index in [1.54, 1.807) is 0 Å². The molecular formula is C5H11N4OS-. The molecule has 0 aromatic carbocycles. The van der Waals surface area contributed by atoms with Crippen molar-refractivity contribution < 1.29 is 4.21 Å². The Balaban J connectivity index is 2.76. The number of hydrogen-bond donors (Lipinski definition) is 2. The van der Waals surface area contributed by atoms with Crippen LogP contribution in [0.15, 0.2) is 4.36 Å². The summed E-state index contributed by atoms with van der Waals surface area (Å²) in [4.78, 5) is 0. The largest absolute Gasteiger partial charge is 0.424 e. The van der Waals surface area contributed by atoms with E-state index in [9.17, 15) is 4.21 Å². The Bertz CT molecular complexity index is 233. The van der Waals surface area contributed by atoms with Crippen molar-refractivity contribution in [1.29, 1.82) is 5.41 Å². The molecule has 0 saturated heterocycles. The Morgan fingerprint density at radius 1 is 1.64 bits per heavy atom. The Morgan fingerprint density at radius 2 is 2.36 bits per heavy atom. The molecule has 3 N–H and O–H groups in total. The van der Waals surface area contributed by atoms with Crippen LogP contribution in [0.25, 0.3) is 0 Å². The summed E-state index contributed by atoms with van der Waals surface area (Å²) >= 11 is 0. The number of guanidine groups is 1. The predicted octanol–water partition coefficient (Wildman–Crippen LogP) is 0.0381. The third-order valence-electron chi connectivity index (χ3n) is 1.43. The topological polar surface area (TPSA) is 82.5 Å². The molecule has 0 aromatic heterocycles. The molecule has 0 unspecified atom stereocenters. The van der Waals surface area contributed by atoms with Crippen molar-refractivity contribution in [3.63, 3.8) is 0 Å². The predicted molar refractivity (Wildman–Crippen MR) is 43.2 cm³/mol. The van der Waals surface area contributed by atoms with E-state index in [2.05, 4.69) is 4.36 Å². The van der Waals surface area contributed by atoms with Crippen molar-refractivity contribution in [2.75, 3.05) is 13.1 Å². The van der Waals surface area contributed by atoms with E-state index in [0.717, 1.165) is 12.8 Å². The Labute approximate surface area is 67.4 Å². The molecule has 0 bridgehead atoms. The highest BCUT2D eigenvalue weighted by atomic mass is 32.2. The van der Waals surface area contributed by atoms with Gasteiger partial charge in [-0.3, -0.25) is 5.41 Å². The quantitative estimate of drug-likeness (QED) is 0.309. The minimum absolute atomic E-state index is 0.158. The van der Waals surface area contributed by atoms with Gasteiger partial charge in [0, 0.05) is 13.1 Å². The van der Waals surface area contributed by atoms with Crippen LogP contribution in [0, 0.1) is 5.41 Å². The lowest BCUT2D eigenvalue weighted by molar-refractivity contribution is 0.546. The molecule has 5 nitrogen and oxygen atoms in total. The molecule has 0 aliphatic carbocycles. The number of nitrogens with zero attached hydrogens (tertiary/aromatic N) is 2. The molecule has 1 aliphatic rings. The fraction of sp³-hybridized carbons (Fsp3) is 0.800. The van der Waals surface area contributed by atoms with Crippen molar-refractivity contribution in [2.24, 2.45) is 10.1 Å². The first kappa shape index (κ1) is 8.32. The highest BCUT2D eigenvalue weighted by Gasteiger charge is 2.01. The zero-order valence-corrected chi connectivity index (χ0v) is 6.93. The maximum Gasteiger partial charge on any atom is 0.171 e. The van der Waals surface area contributed by atoms with Crippen LogP contribution in [0.4, 0.5) is 0 Å². The molecule has 1 heterocycles. The van der Waals surface area contributed by atoms with Gasteiger partial charge in [0.2, 0.25) is 0 Å². The van der Waals surface area contributed by atoms with Crippen LogP contribution >= 0.6 is 0 Å². The molecule has 0 spiro atoms. The van der Waals surface area contributed by atoms with Crippen LogP contribution in [0.5, 0.6) is 0 Å². The van der Waals surface area contributed by atoms with E-state index < -0.39 is 10.8 Å². The summed E-state index contributed by atoms with van der Waals surface area (Å²) in [5.74, 6) is -0.158. The lowest BCUT2D eigenvalue weighted by atomic mass is 10.3. The van der Waals surface area contributed by atoms with Gasteiger partial charge >= 0.3 is 0 Å². The zero-order chi connectivity index (χ0) is 8.27. The van der Waals surface area contributed by atoms with Crippen molar-refractivity contribution >= 4 is 16.7 Å². The van der Waals surface area contributed by atoms with E-state index >= 15 is 0 Å². The van der Waals surface area contributed by atoms with Crippen LogP contribution in [0.2, 0.25) is 0 Å². The normalized spacial score (nSPS) is 20.5. The first-order valence-electron chi connectivity index (χ1n) is 3.43. The van der Waals surface area contributed by atoms with Gasteiger partial charge in [-0.15, -0.1) is 0 Å². The van der Waals surface area contributed by atoms with Crippen molar-refractivity contribution in [1.82, 2.24) is 4.31 Å². The van der Waals surface area contributed by atoms with Crippen LogP contribution < -0.4 is 5.73 Å². The fourth-order valence-corrected chi connectivity index (χ4v) is 1.74. The summed E-state index contributed by atoms with van der Waals surface area (Å²) in [5, 5.41) is 7.07. The smallest absolute Gasteiger partial charge is 0.171 e. The molecule has 0 saturated carbocycles. The number of nitrogens with one attached hydrogen (secondary N) is 1. The van der Waals surface area contributed by atoms with Gasteiger partial charge in [0.1, 0.15) is 0 Å². The van der Waals surface area contributed by atoms with Gasteiger partial charge in [-0.2, -0.15) is 0 Å². The molecule has 1 rings (SSSR count). The summed E-state index contributed by atoms with van der Waals surface area (Å²) in [6.45, 7) is 1.18. The third kappa shape index (κ3) is 2.07. The first-order chi connectivity index (χ1) is 5.22. The van der Waals surface area contributed by atoms with E-state index in [1.165, 1.54) is 4.31 Å². The van der Waals surface area contributed by atoms with Gasteiger partial charge in [-0.25, -0.2) is 0 Å². The zero-order valence-electron chi connectivity index (χ0n) is 6.12. The Morgan fingerprint density at radius 3 is 3.00 bits per heavy atom. The van der Waals surface area contributed by atoms with Crippen molar-refractivity contribution in [3.05, 3.63) is 0 Å². The molecular weight excluding hydrogens is 164 g/mol. The standard InChI is InChI=1S/C5H11N4OS/c6-5(7)9-4-2-1-3-8-11(9)10/h1-4H2,(H3,6,7)/q-1. The van der Waals surface area contributed by atoms with E-state index in [0.29, 0.717) is 13.1 Å². The van der Waals surface area contributed by atoms with Gasteiger partial charge in [0.15, 0.2) is 5.96 Å². The Hall–Kier alpha value is -0.780. The minimum atomic E-state index is -1.42. The second-order valence-electron chi connectivity index (χ2n) is 2.28. The first-order valence-corrected chi connectivity index (χ1v) is 4.49. The number of nitrogens with two attached hydrogens (primary N) is 1. The van der Waals surface area contributed by atoms with Crippen LogP contribution in [0.1, 0.15) is 12.8 Å². The van der Waals surface area contributed by atoms with Crippen LogP contribution in [0.3, 0.4) is 0 Å². The molecule has 0 fully saturated rings. The van der Waals surface area contributed by atoms with Crippen molar-refractivity contribution in [3.8, 4) is 0 Å². The van der Waals surface area contributed by atoms with E-state index in [1.807, 2.05) is 0 Å². The van der Waals surface area contributed by atoms with Crippen molar-refractivity contribution in [2.45, 2.75) is 12.8 Å². The lowest BCUT2D eigenvalue weighted by Crippen LogP contribution is -2.34.